The third-order valence-electron chi connectivity index (χ3n) is 4.47. The molecule has 1 aromatic rings. The summed E-state index contributed by atoms with van der Waals surface area (Å²) >= 11 is 0. The summed E-state index contributed by atoms with van der Waals surface area (Å²) in [5, 5.41) is 3.44. The minimum atomic E-state index is 0. The van der Waals surface area contributed by atoms with Gasteiger partial charge in [0.2, 0.25) is 0 Å². The average Bonchev–Trinajstić information content (AvgIpc) is 2.50. The zero-order chi connectivity index (χ0) is 12.9. The van der Waals surface area contributed by atoms with Crippen LogP contribution in [0.2, 0.25) is 0 Å². The summed E-state index contributed by atoms with van der Waals surface area (Å²) in [5.41, 5.74) is 1.45. The first-order valence-electron chi connectivity index (χ1n) is 7.63. The predicted molar refractivity (Wildman–Crippen MR) is 93.7 cm³/mol. The van der Waals surface area contributed by atoms with Gasteiger partial charge in [0.1, 0.15) is 0 Å². The van der Waals surface area contributed by atoms with Crippen molar-refractivity contribution < 1.29 is 0 Å². The summed E-state index contributed by atoms with van der Waals surface area (Å²) in [4.78, 5) is 5.30. The first kappa shape index (κ1) is 18.7. The van der Waals surface area contributed by atoms with Crippen molar-refractivity contribution in [3.05, 3.63) is 35.9 Å². The normalized spacial score (nSPS) is 21.3. The van der Waals surface area contributed by atoms with Gasteiger partial charge in [-0.05, 0) is 31.5 Å². The zero-order valence-electron chi connectivity index (χ0n) is 12.5. The SMILES string of the molecule is Cl.Cl.c1ccc(CN2CCC(N3CCNCC3)CC2)cc1. The number of hydrogen-bond donors (Lipinski definition) is 1. The minimum Gasteiger partial charge on any atom is -0.314 e. The van der Waals surface area contributed by atoms with Gasteiger partial charge in [-0.2, -0.15) is 0 Å². The standard InChI is InChI=1S/C16H25N3.2ClH/c1-2-4-15(5-3-1)14-18-10-6-16(7-11-18)19-12-8-17-9-13-19;;/h1-5,16-17H,6-14H2;2*1H. The second-order valence-corrected chi connectivity index (χ2v) is 5.78. The van der Waals surface area contributed by atoms with E-state index >= 15 is 0 Å². The lowest BCUT2D eigenvalue weighted by Gasteiger charge is -2.40. The van der Waals surface area contributed by atoms with Crippen molar-refractivity contribution in [3.8, 4) is 0 Å². The molecule has 120 valence electrons. The maximum atomic E-state index is 3.44. The monoisotopic (exact) mass is 331 g/mol. The molecular formula is C16H27Cl2N3. The van der Waals surface area contributed by atoms with E-state index in [1.165, 1.54) is 57.7 Å². The second kappa shape index (κ2) is 9.65. The summed E-state index contributed by atoms with van der Waals surface area (Å²) < 4.78 is 0. The van der Waals surface area contributed by atoms with Crippen LogP contribution in [0.1, 0.15) is 18.4 Å². The highest BCUT2D eigenvalue weighted by atomic mass is 35.5. The lowest BCUT2D eigenvalue weighted by Crippen LogP contribution is -2.51. The van der Waals surface area contributed by atoms with E-state index in [1.807, 2.05) is 0 Å². The van der Waals surface area contributed by atoms with Gasteiger partial charge in [-0.15, -0.1) is 24.8 Å². The van der Waals surface area contributed by atoms with Gasteiger partial charge in [0.15, 0.2) is 0 Å². The van der Waals surface area contributed by atoms with Crippen LogP contribution in [0.5, 0.6) is 0 Å². The van der Waals surface area contributed by atoms with E-state index in [0.29, 0.717) is 0 Å². The zero-order valence-corrected chi connectivity index (χ0v) is 14.2. The van der Waals surface area contributed by atoms with E-state index in [4.69, 9.17) is 0 Å². The number of nitrogens with one attached hydrogen (secondary N) is 1. The Morgan fingerprint density at radius 2 is 1.52 bits per heavy atom. The molecule has 21 heavy (non-hydrogen) atoms. The van der Waals surface area contributed by atoms with Crippen LogP contribution >= 0.6 is 24.8 Å². The molecule has 0 saturated carbocycles. The number of piperazine rings is 1. The minimum absolute atomic E-state index is 0. The summed E-state index contributed by atoms with van der Waals surface area (Å²) in [6.07, 6.45) is 2.68. The van der Waals surface area contributed by atoms with Crippen LogP contribution in [0.15, 0.2) is 30.3 Å². The first-order chi connectivity index (χ1) is 9.42. The molecule has 0 bridgehead atoms. The fourth-order valence-electron chi connectivity index (χ4n) is 3.33. The van der Waals surface area contributed by atoms with E-state index in [2.05, 4.69) is 45.4 Å². The van der Waals surface area contributed by atoms with Crippen LogP contribution in [0.25, 0.3) is 0 Å². The lowest BCUT2D eigenvalue weighted by molar-refractivity contribution is 0.0948. The number of halogens is 2. The Labute approximate surface area is 140 Å². The van der Waals surface area contributed by atoms with Crippen molar-refractivity contribution in [2.75, 3.05) is 39.3 Å². The van der Waals surface area contributed by atoms with Crippen LogP contribution in [-0.4, -0.2) is 55.1 Å². The highest BCUT2D eigenvalue weighted by Crippen LogP contribution is 2.18. The fraction of sp³-hybridized carbons (Fsp3) is 0.625. The number of nitrogens with zero attached hydrogens (tertiary/aromatic N) is 2. The van der Waals surface area contributed by atoms with Crippen molar-refractivity contribution >= 4 is 24.8 Å². The van der Waals surface area contributed by atoms with E-state index < -0.39 is 0 Å². The summed E-state index contributed by atoms with van der Waals surface area (Å²) in [7, 11) is 0. The molecule has 2 aliphatic rings. The van der Waals surface area contributed by atoms with Crippen molar-refractivity contribution in [2.24, 2.45) is 0 Å². The van der Waals surface area contributed by atoms with Crippen molar-refractivity contribution in [1.82, 2.24) is 15.1 Å². The summed E-state index contributed by atoms with van der Waals surface area (Å²) in [6.45, 7) is 8.45. The largest absolute Gasteiger partial charge is 0.314 e. The molecule has 0 spiro atoms. The van der Waals surface area contributed by atoms with Crippen LogP contribution in [0.3, 0.4) is 0 Å². The number of piperidine rings is 1. The van der Waals surface area contributed by atoms with Crippen LogP contribution in [0, 0.1) is 0 Å². The number of hydrogen-bond acceptors (Lipinski definition) is 3. The van der Waals surface area contributed by atoms with Gasteiger partial charge in [0, 0.05) is 38.8 Å². The number of likely N-dealkylation sites (tertiary alicyclic amines) is 1. The first-order valence-corrected chi connectivity index (χ1v) is 7.63. The highest BCUT2D eigenvalue weighted by Gasteiger charge is 2.25. The van der Waals surface area contributed by atoms with Gasteiger partial charge in [-0.25, -0.2) is 0 Å². The number of rotatable bonds is 3. The Bertz CT molecular complexity index is 374. The second-order valence-electron chi connectivity index (χ2n) is 5.78. The molecule has 2 heterocycles. The molecule has 3 nitrogen and oxygen atoms in total. The molecule has 0 unspecified atom stereocenters. The van der Waals surface area contributed by atoms with Crippen LogP contribution in [-0.2, 0) is 6.54 Å². The van der Waals surface area contributed by atoms with Crippen molar-refractivity contribution in [3.63, 3.8) is 0 Å². The highest BCUT2D eigenvalue weighted by molar-refractivity contribution is 5.85. The molecule has 5 heteroatoms. The topological polar surface area (TPSA) is 18.5 Å². The van der Waals surface area contributed by atoms with Gasteiger partial charge in [-0.1, -0.05) is 30.3 Å². The molecule has 3 rings (SSSR count). The molecule has 2 aliphatic heterocycles. The Hall–Kier alpha value is -0.320. The molecular weight excluding hydrogens is 305 g/mol. The van der Waals surface area contributed by atoms with Gasteiger partial charge < -0.3 is 5.32 Å². The molecule has 0 radical (unpaired) electrons. The molecule has 2 saturated heterocycles. The van der Waals surface area contributed by atoms with E-state index in [9.17, 15) is 0 Å². The maximum Gasteiger partial charge on any atom is 0.0233 e. The van der Waals surface area contributed by atoms with Crippen LogP contribution in [0.4, 0.5) is 0 Å². The Kier molecular flexibility index (Phi) is 8.60. The summed E-state index contributed by atoms with van der Waals surface area (Å²) in [5.74, 6) is 0. The van der Waals surface area contributed by atoms with E-state index in [1.54, 1.807) is 0 Å². The van der Waals surface area contributed by atoms with Crippen molar-refractivity contribution in [2.45, 2.75) is 25.4 Å². The lowest BCUT2D eigenvalue weighted by atomic mass is 10.0. The van der Waals surface area contributed by atoms with Gasteiger partial charge in [0.05, 0.1) is 0 Å². The Morgan fingerprint density at radius 1 is 0.905 bits per heavy atom. The fourth-order valence-corrected chi connectivity index (χ4v) is 3.33. The Morgan fingerprint density at radius 3 is 2.14 bits per heavy atom. The smallest absolute Gasteiger partial charge is 0.0233 e. The summed E-state index contributed by atoms with van der Waals surface area (Å²) in [6, 6.07) is 11.7. The molecule has 1 aromatic carbocycles. The molecule has 1 N–H and O–H groups in total. The Balaban J connectivity index is 0.00000110. The maximum absolute atomic E-state index is 3.44. The average molecular weight is 332 g/mol. The molecule has 0 aliphatic carbocycles. The molecule has 0 atom stereocenters. The predicted octanol–water partition coefficient (Wildman–Crippen LogP) is 2.40. The number of benzene rings is 1. The van der Waals surface area contributed by atoms with E-state index in [-0.39, 0.29) is 24.8 Å². The van der Waals surface area contributed by atoms with E-state index in [0.717, 1.165) is 12.6 Å². The molecule has 0 aromatic heterocycles. The molecule has 0 amide bonds. The third kappa shape index (κ3) is 5.42. The quantitative estimate of drug-likeness (QED) is 0.917. The van der Waals surface area contributed by atoms with Crippen LogP contribution < -0.4 is 5.32 Å². The molecule has 2 fully saturated rings. The van der Waals surface area contributed by atoms with Crippen molar-refractivity contribution in [1.29, 1.82) is 0 Å². The van der Waals surface area contributed by atoms with Gasteiger partial charge in [-0.3, -0.25) is 9.80 Å². The van der Waals surface area contributed by atoms with Gasteiger partial charge >= 0.3 is 0 Å². The van der Waals surface area contributed by atoms with Gasteiger partial charge in [0.25, 0.3) is 0 Å². The third-order valence-corrected chi connectivity index (χ3v) is 4.47.